The lowest BCUT2D eigenvalue weighted by Crippen LogP contribution is -2.24. The Morgan fingerprint density at radius 3 is 2.59 bits per heavy atom. The van der Waals surface area contributed by atoms with E-state index in [4.69, 9.17) is 14.2 Å². The molecule has 0 radical (unpaired) electrons. The SMILES string of the molecule is C=C(C)COCC(=C)C(=O)OC(CC)C1CO1. The van der Waals surface area contributed by atoms with Crippen molar-refractivity contribution < 1.29 is 19.0 Å². The Bertz CT molecular complexity index is 305. The topological polar surface area (TPSA) is 48.1 Å². The van der Waals surface area contributed by atoms with E-state index in [2.05, 4.69) is 13.2 Å². The molecule has 0 aliphatic carbocycles. The van der Waals surface area contributed by atoms with E-state index in [-0.39, 0.29) is 18.8 Å². The first-order chi connectivity index (χ1) is 8.04. The molecule has 0 saturated carbocycles. The zero-order valence-electron chi connectivity index (χ0n) is 10.5. The van der Waals surface area contributed by atoms with Crippen LogP contribution in [0, 0.1) is 0 Å². The van der Waals surface area contributed by atoms with Crippen LogP contribution in [-0.2, 0) is 19.0 Å². The van der Waals surface area contributed by atoms with Crippen molar-refractivity contribution in [1.29, 1.82) is 0 Å². The summed E-state index contributed by atoms with van der Waals surface area (Å²) < 4.78 is 15.6. The lowest BCUT2D eigenvalue weighted by molar-refractivity contribution is -0.146. The molecule has 0 aromatic rings. The molecule has 0 bridgehead atoms. The molecule has 1 rings (SSSR count). The predicted octanol–water partition coefficient (Wildman–Crippen LogP) is 1.86. The van der Waals surface area contributed by atoms with Gasteiger partial charge in [-0.2, -0.15) is 0 Å². The average Bonchev–Trinajstić information content (AvgIpc) is 3.08. The highest BCUT2D eigenvalue weighted by atomic mass is 16.6. The molecule has 0 amide bonds. The molecule has 0 aromatic heterocycles. The van der Waals surface area contributed by atoms with E-state index < -0.39 is 5.97 Å². The molecule has 0 spiro atoms. The molecule has 0 aromatic carbocycles. The Morgan fingerprint density at radius 2 is 2.12 bits per heavy atom. The van der Waals surface area contributed by atoms with Gasteiger partial charge in [0.1, 0.15) is 12.2 Å². The Hall–Kier alpha value is -1.13. The van der Waals surface area contributed by atoms with E-state index in [9.17, 15) is 4.79 Å². The third kappa shape index (κ3) is 5.15. The van der Waals surface area contributed by atoms with Crippen LogP contribution in [-0.4, -0.2) is 38.0 Å². The molecular formula is C13H20O4. The highest BCUT2D eigenvalue weighted by Gasteiger charge is 2.34. The van der Waals surface area contributed by atoms with Crippen LogP contribution in [0.15, 0.2) is 24.3 Å². The zero-order valence-corrected chi connectivity index (χ0v) is 10.5. The molecule has 2 unspecified atom stereocenters. The van der Waals surface area contributed by atoms with E-state index in [0.717, 1.165) is 12.0 Å². The molecule has 1 heterocycles. The van der Waals surface area contributed by atoms with Gasteiger partial charge in [-0.25, -0.2) is 4.79 Å². The first-order valence-corrected chi connectivity index (χ1v) is 5.77. The van der Waals surface area contributed by atoms with Gasteiger partial charge in [0, 0.05) is 0 Å². The number of epoxide rings is 1. The fraction of sp³-hybridized carbons (Fsp3) is 0.615. The normalized spacial score (nSPS) is 19.5. The summed E-state index contributed by atoms with van der Waals surface area (Å²) in [5, 5.41) is 0. The molecule has 1 fully saturated rings. The Kier molecular flexibility index (Phi) is 5.38. The minimum Gasteiger partial charge on any atom is -0.456 e. The van der Waals surface area contributed by atoms with Crippen LogP contribution in [0.25, 0.3) is 0 Å². The van der Waals surface area contributed by atoms with Gasteiger partial charge in [0.05, 0.1) is 25.4 Å². The molecule has 1 saturated heterocycles. The Morgan fingerprint density at radius 1 is 1.47 bits per heavy atom. The largest absolute Gasteiger partial charge is 0.456 e. The van der Waals surface area contributed by atoms with Gasteiger partial charge in [0.2, 0.25) is 0 Å². The van der Waals surface area contributed by atoms with Gasteiger partial charge >= 0.3 is 5.97 Å². The number of carbonyl (C=O) groups excluding carboxylic acids is 1. The second kappa shape index (κ2) is 6.57. The van der Waals surface area contributed by atoms with E-state index in [1.807, 2.05) is 13.8 Å². The number of rotatable bonds is 8. The van der Waals surface area contributed by atoms with Crippen molar-refractivity contribution in [3.63, 3.8) is 0 Å². The van der Waals surface area contributed by atoms with Gasteiger partial charge in [-0.15, -0.1) is 0 Å². The van der Waals surface area contributed by atoms with Crippen LogP contribution in [0.1, 0.15) is 20.3 Å². The quantitative estimate of drug-likeness (QED) is 0.281. The van der Waals surface area contributed by atoms with Gasteiger partial charge in [0.25, 0.3) is 0 Å². The van der Waals surface area contributed by atoms with Crippen LogP contribution >= 0.6 is 0 Å². The van der Waals surface area contributed by atoms with Crippen LogP contribution in [0.5, 0.6) is 0 Å². The summed E-state index contributed by atoms with van der Waals surface area (Å²) in [4.78, 5) is 11.6. The molecule has 96 valence electrons. The van der Waals surface area contributed by atoms with Crippen LogP contribution < -0.4 is 0 Å². The van der Waals surface area contributed by atoms with Crippen molar-refractivity contribution in [3.8, 4) is 0 Å². The summed E-state index contributed by atoms with van der Waals surface area (Å²) in [7, 11) is 0. The number of hydrogen-bond acceptors (Lipinski definition) is 4. The maximum Gasteiger partial charge on any atom is 0.336 e. The smallest absolute Gasteiger partial charge is 0.336 e. The summed E-state index contributed by atoms with van der Waals surface area (Å²) in [6, 6.07) is 0. The van der Waals surface area contributed by atoms with E-state index in [1.54, 1.807) is 0 Å². The lowest BCUT2D eigenvalue weighted by atomic mass is 10.2. The average molecular weight is 240 g/mol. The van der Waals surface area contributed by atoms with E-state index in [1.165, 1.54) is 0 Å². The highest BCUT2D eigenvalue weighted by Crippen LogP contribution is 2.20. The van der Waals surface area contributed by atoms with Crippen LogP contribution in [0.2, 0.25) is 0 Å². The van der Waals surface area contributed by atoms with Gasteiger partial charge < -0.3 is 14.2 Å². The Balaban J connectivity index is 2.25. The number of ether oxygens (including phenoxy) is 3. The summed E-state index contributed by atoms with van der Waals surface area (Å²) in [6.45, 7) is 12.4. The molecule has 17 heavy (non-hydrogen) atoms. The fourth-order valence-electron chi connectivity index (χ4n) is 1.32. The van der Waals surface area contributed by atoms with Gasteiger partial charge in [-0.05, 0) is 13.3 Å². The van der Waals surface area contributed by atoms with Crippen molar-refractivity contribution in [2.24, 2.45) is 0 Å². The molecule has 4 nitrogen and oxygen atoms in total. The molecule has 4 heteroatoms. The van der Waals surface area contributed by atoms with Crippen LogP contribution in [0.3, 0.4) is 0 Å². The van der Waals surface area contributed by atoms with Crippen molar-refractivity contribution in [1.82, 2.24) is 0 Å². The van der Waals surface area contributed by atoms with Crippen molar-refractivity contribution in [2.75, 3.05) is 19.8 Å². The Labute approximate surface area is 102 Å². The maximum atomic E-state index is 11.6. The third-order valence-corrected chi connectivity index (χ3v) is 2.35. The minimum absolute atomic E-state index is 0.0630. The van der Waals surface area contributed by atoms with Crippen molar-refractivity contribution in [2.45, 2.75) is 32.5 Å². The minimum atomic E-state index is -0.408. The summed E-state index contributed by atoms with van der Waals surface area (Å²) in [6.07, 6.45) is 0.643. The standard InChI is InChI=1S/C13H20O4/c1-5-11(12-8-16-12)17-13(14)10(4)7-15-6-9(2)3/h11-12H,2,4-8H2,1,3H3. The van der Waals surface area contributed by atoms with Crippen molar-refractivity contribution >= 4 is 5.97 Å². The number of carbonyl (C=O) groups is 1. The van der Waals surface area contributed by atoms with Crippen LogP contribution in [0.4, 0.5) is 0 Å². The number of hydrogen-bond donors (Lipinski definition) is 0. The summed E-state index contributed by atoms with van der Waals surface area (Å²) >= 11 is 0. The van der Waals surface area contributed by atoms with E-state index in [0.29, 0.717) is 18.8 Å². The first kappa shape index (κ1) is 13.9. The predicted molar refractivity (Wildman–Crippen MR) is 64.7 cm³/mol. The zero-order chi connectivity index (χ0) is 12.8. The van der Waals surface area contributed by atoms with Gasteiger partial charge in [-0.1, -0.05) is 25.7 Å². The highest BCUT2D eigenvalue weighted by molar-refractivity contribution is 5.88. The van der Waals surface area contributed by atoms with E-state index >= 15 is 0 Å². The van der Waals surface area contributed by atoms with Crippen molar-refractivity contribution in [3.05, 3.63) is 24.3 Å². The lowest BCUT2D eigenvalue weighted by Gasteiger charge is -2.14. The molecule has 0 N–H and O–H groups in total. The molecule has 1 aliphatic heterocycles. The fourth-order valence-corrected chi connectivity index (χ4v) is 1.32. The summed E-state index contributed by atoms with van der Waals surface area (Å²) in [5.41, 5.74) is 1.23. The molecular weight excluding hydrogens is 220 g/mol. The second-order valence-electron chi connectivity index (χ2n) is 4.28. The first-order valence-electron chi connectivity index (χ1n) is 5.77. The third-order valence-electron chi connectivity index (χ3n) is 2.35. The second-order valence-corrected chi connectivity index (χ2v) is 4.28. The van der Waals surface area contributed by atoms with Gasteiger partial charge in [-0.3, -0.25) is 0 Å². The molecule has 1 aliphatic rings. The number of esters is 1. The van der Waals surface area contributed by atoms with Gasteiger partial charge in [0.15, 0.2) is 0 Å². The summed E-state index contributed by atoms with van der Waals surface area (Å²) in [5.74, 6) is -0.408. The maximum absolute atomic E-state index is 11.6. The molecule has 2 atom stereocenters. The monoisotopic (exact) mass is 240 g/mol.